The van der Waals surface area contributed by atoms with Crippen LogP contribution < -0.4 is 10.1 Å². The summed E-state index contributed by atoms with van der Waals surface area (Å²) in [6, 6.07) is 12.5. The molecule has 128 valence electrons. The number of rotatable bonds is 5. The highest BCUT2D eigenvalue weighted by atomic mass is 32.1. The van der Waals surface area contributed by atoms with Crippen molar-refractivity contribution < 1.29 is 19.1 Å². The molecule has 0 aliphatic heterocycles. The zero-order valence-corrected chi connectivity index (χ0v) is 14.6. The smallest absolute Gasteiger partial charge is 0.337 e. The largest absolute Gasteiger partial charge is 0.484 e. The van der Waals surface area contributed by atoms with Gasteiger partial charge >= 0.3 is 5.97 Å². The van der Waals surface area contributed by atoms with Crippen molar-refractivity contribution in [2.45, 2.75) is 6.92 Å². The number of anilines is 1. The van der Waals surface area contributed by atoms with E-state index in [1.807, 2.05) is 25.1 Å². The van der Waals surface area contributed by atoms with Gasteiger partial charge in [0.2, 0.25) is 0 Å². The molecule has 1 aromatic heterocycles. The molecule has 3 aromatic rings. The van der Waals surface area contributed by atoms with Gasteiger partial charge in [-0.1, -0.05) is 23.5 Å². The maximum atomic E-state index is 12.0. The zero-order valence-electron chi connectivity index (χ0n) is 13.7. The molecular weight excluding hydrogens is 340 g/mol. The fourth-order valence-corrected chi connectivity index (χ4v) is 3.15. The number of amides is 1. The van der Waals surface area contributed by atoms with Crippen molar-refractivity contribution in [3.8, 4) is 5.75 Å². The first kappa shape index (κ1) is 16.9. The number of nitrogens with one attached hydrogen (secondary N) is 1. The number of aryl methyl sites for hydroxylation is 1. The average Bonchev–Trinajstić information content (AvgIpc) is 3.00. The summed E-state index contributed by atoms with van der Waals surface area (Å²) >= 11 is 1.29. The highest BCUT2D eigenvalue weighted by Gasteiger charge is 2.11. The monoisotopic (exact) mass is 356 g/mol. The van der Waals surface area contributed by atoms with E-state index in [-0.39, 0.29) is 12.5 Å². The minimum atomic E-state index is -0.410. The minimum absolute atomic E-state index is 0.104. The molecule has 0 unspecified atom stereocenters. The standard InChI is InChI=1S/C18H16N2O4S/c1-11-4-3-5-13(8-11)24-10-16(21)20-18-19-14-7-6-12(17(22)23-2)9-15(14)25-18/h3-9H,10H2,1-2H3,(H,19,20,21). The number of carbonyl (C=O) groups is 2. The van der Waals surface area contributed by atoms with Crippen molar-refractivity contribution in [3.63, 3.8) is 0 Å². The molecule has 0 saturated heterocycles. The maximum absolute atomic E-state index is 12.0. The van der Waals surface area contributed by atoms with Crippen molar-refractivity contribution in [1.82, 2.24) is 4.98 Å². The van der Waals surface area contributed by atoms with Crippen LogP contribution in [0.25, 0.3) is 10.2 Å². The number of nitrogens with zero attached hydrogens (tertiary/aromatic N) is 1. The van der Waals surface area contributed by atoms with Gasteiger partial charge in [0.15, 0.2) is 11.7 Å². The first-order valence-corrected chi connectivity index (χ1v) is 8.35. The molecule has 0 atom stereocenters. The number of aromatic nitrogens is 1. The van der Waals surface area contributed by atoms with Crippen LogP contribution in [0, 0.1) is 6.92 Å². The van der Waals surface area contributed by atoms with Crippen LogP contribution in [-0.2, 0) is 9.53 Å². The Balaban J connectivity index is 1.65. The molecule has 0 saturated carbocycles. The van der Waals surface area contributed by atoms with Crippen LogP contribution in [0.2, 0.25) is 0 Å². The molecule has 6 nitrogen and oxygen atoms in total. The molecule has 0 aliphatic rings. The van der Waals surface area contributed by atoms with Gasteiger partial charge in [0, 0.05) is 0 Å². The number of hydrogen-bond donors (Lipinski definition) is 1. The number of ether oxygens (including phenoxy) is 2. The summed E-state index contributed by atoms with van der Waals surface area (Å²) in [5.41, 5.74) is 2.21. The second-order valence-electron chi connectivity index (χ2n) is 5.35. The van der Waals surface area contributed by atoms with Gasteiger partial charge in [0.1, 0.15) is 5.75 Å². The van der Waals surface area contributed by atoms with Crippen molar-refractivity contribution in [3.05, 3.63) is 53.6 Å². The predicted molar refractivity (Wildman–Crippen MR) is 96.3 cm³/mol. The molecule has 2 aromatic carbocycles. The quantitative estimate of drug-likeness (QED) is 0.709. The summed E-state index contributed by atoms with van der Waals surface area (Å²) in [6.45, 7) is 1.85. The maximum Gasteiger partial charge on any atom is 0.337 e. The summed E-state index contributed by atoms with van der Waals surface area (Å²) in [6.07, 6.45) is 0. The Labute approximate surface area is 148 Å². The minimum Gasteiger partial charge on any atom is -0.484 e. The van der Waals surface area contributed by atoms with E-state index in [9.17, 15) is 9.59 Å². The van der Waals surface area contributed by atoms with Gasteiger partial charge in [0.25, 0.3) is 5.91 Å². The Hall–Kier alpha value is -2.93. The molecule has 25 heavy (non-hydrogen) atoms. The van der Waals surface area contributed by atoms with E-state index in [4.69, 9.17) is 9.47 Å². The molecular formula is C18H16N2O4S. The van der Waals surface area contributed by atoms with Crippen LogP contribution in [0.3, 0.4) is 0 Å². The number of esters is 1. The van der Waals surface area contributed by atoms with Gasteiger partial charge in [-0.25, -0.2) is 9.78 Å². The van der Waals surface area contributed by atoms with Crippen LogP contribution >= 0.6 is 11.3 Å². The van der Waals surface area contributed by atoms with Crippen LogP contribution in [-0.4, -0.2) is 30.6 Å². The van der Waals surface area contributed by atoms with Crippen molar-refractivity contribution >= 4 is 38.6 Å². The van der Waals surface area contributed by atoms with E-state index >= 15 is 0 Å². The van der Waals surface area contributed by atoms with E-state index in [1.165, 1.54) is 18.4 Å². The fraction of sp³-hybridized carbons (Fsp3) is 0.167. The van der Waals surface area contributed by atoms with Crippen molar-refractivity contribution in [1.29, 1.82) is 0 Å². The third kappa shape index (κ3) is 4.13. The van der Waals surface area contributed by atoms with Gasteiger partial charge in [0.05, 0.1) is 22.9 Å². The second kappa shape index (κ2) is 7.31. The molecule has 0 bridgehead atoms. The summed E-state index contributed by atoms with van der Waals surface area (Å²) in [4.78, 5) is 27.9. The zero-order chi connectivity index (χ0) is 17.8. The highest BCUT2D eigenvalue weighted by molar-refractivity contribution is 7.22. The number of hydrogen-bond acceptors (Lipinski definition) is 6. The first-order chi connectivity index (χ1) is 12.0. The number of fused-ring (bicyclic) bond motifs is 1. The normalized spacial score (nSPS) is 10.5. The molecule has 0 fully saturated rings. The molecule has 1 N–H and O–H groups in total. The average molecular weight is 356 g/mol. The van der Waals surface area contributed by atoms with Gasteiger partial charge in [-0.2, -0.15) is 0 Å². The van der Waals surface area contributed by atoms with Crippen LogP contribution in [0.4, 0.5) is 5.13 Å². The number of methoxy groups -OCH3 is 1. The van der Waals surface area contributed by atoms with Gasteiger partial charge < -0.3 is 9.47 Å². The van der Waals surface area contributed by atoms with E-state index in [0.29, 0.717) is 22.0 Å². The van der Waals surface area contributed by atoms with E-state index in [1.54, 1.807) is 24.3 Å². The lowest BCUT2D eigenvalue weighted by Gasteiger charge is -2.06. The second-order valence-corrected chi connectivity index (χ2v) is 6.38. The molecule has 7 heteroatoms. The molecule has 1 amide bonds. The number of thiazole rings is 1. The summed E-state index contributed by atoms with van der Waals surface area (Å²) in [5, 5.41) is 3.16. The SMILES string of the molecule is COC(=O)c1ccc2nc(NC(=O)COc3cccc(C)c3)sc2c1. The molecule has 0 aliphatic carbocycles. The third-order valence-corrected chi connectivity index (χ3v) is 4.35. The first-order valence-electron chi connectivity index (χ1n) is 7.53. The van der Waals surface area contributed by atoms with E-state index < -0.39 is 5.97 Å². The van der Waals surface area contributed by atoms with E-state index in [2.05, 4.69) is 10.3 Å². The van der Waals surface area contributed by atoms with E-state index in [0.717, 1.165) is 10.3 Å². The van der Waals surface area contributed by atoms with Crippen LogP contribution in [0.1, 0.15) is 15.9 Å². The fourth-order valence-electron chi connectivity index (χ4n) is 2.23. The summed E-state index contributed by atoms with van der Waals surface area (Å²) in [5.74, 6) is -0.0663. The topological polar surface area (TPSA) is 77.5 Å². The molecule has 0 radical (unpaired) electrons. The lowest BCUT2D eigenvalue weighted by molar-refractivity contribution is -0.118. The predicted octanol–water partition coefficient (Wildman–Crippen LogP) is 3.41. The van der Waals surface area contributed by atoms with Crippen LogP contribution in [0.15, 0.2) is 42.5 Å². The number of carbonyl (C=O) groups excluding carboxylic acids is 2. The lowest BCUT2D eigenvalue weighted by Crippen LogP contribution is -2.20. The highest BCUT2D eigenvalue weighted by Crippen LogP contribution is 2.27. The Morgan fingerprint density at radius 2 is 2.04 bits per heavy atom. The number of benzene rings is 2. The summed E-state index contributed by atoms with van der Waals surface area (Å²) in [7, 11) is 1.33. The summed E-state index contributed by atoms with van der Waals surface area (Å²) < 4.78 is 11.0. The Bertz CT molecular complexity index is 936. The lowest BCUT2D eigenvalue weighted by atomic mass is 10.2. The molecule has 0 spiro atoms. The Morgan fingerprint density at radius 1 is 1.20 bits per heavy atom. The molecule has 1 heterocycles. The van der Waals surface area contributed by atoms with Crippen LogP contribution in [0.5, 0.6) is 5.75 Å². The van der Waals surface area contributed by atoms with Gasteiger partial charge in [-0.15, -0.1) is 0 Å². The Morgan fingerprint density at radius 3 is 2.80 bits per heavy atom. The van der Waals surface area contributed by atoms with Crippen molar-refractivity contribution in [2.24, 2.45) is 0 Å². The Kier molecular flexibility index (Phi) is 4.95. The van der Waals surface area contributed by atoms with Crippen molar-refractivity contribution in [2.75, 3.05) is 19.0 Å². The molecule has 3 rings (SSSR count). The third-order valence-electron chi connectivity index (χ3n) is 3.42. The van der Waals surface area contributed by atoms with Gasteiger partial charge in [-0.3, -0.25) is 10.1 Å². The van der Waals surface area contributed by atoms with Gasteiger partial charge in [-0.05, 0) is 42.8 Å².